The maximum absolute atomic E-state index is 14.2. The van der Waals surface area contributed by atoms with E-state index in [-0.39, 0.29) is 24.8 Å². The highest BCUT2D eigenvalue weighted by molar-refractivity contribution is 7.91. The Hall–Kier alpha value is -1.81. The molecular formula is C21H28FN3O3S2. The summed E-state index contributed by atoms with van der Waals surface area (Å²) >= 11 is 1.18. The fourth-order valence-electron chi connectivity index (χ4n) is 3.58. The van der Waals surface area contributed by atoms with Crippen LogP contribution in [0.3, 0.4) is 0 Å². The van der Waals surface area contributed by atoms with Crippen molar-refractivity contribution in [2.75, 3.05) is 40.3 Å². The molecule has 6 nitrogen and oxygen atoms in total. The van der Waals surface area contributed by atoms with Gasteiger partial charge in [-0.2, -0.15) is 4.31 Å². The summed E-state index contributed by atoms with van der Waals surface area (Å²) in [5, 5.41) is 1.73. The zero-order valence-electron chi connectivity index (χ0n) is 17.3. The summed E-state index contributed by atoms with van der Waals surface area (Å²) in [6.07, 6.45) is 1.26. The number of amides is 1. The van der Waals surface area contributed by atoms with Crippen LogP contribution in [0.2, 0.25) is 0 Å². The van der Waals surface area contributed by atoms with E-state index in [9.17, 15) is 17.6 Å². The monoisotopic (exact) mass is 453 g/mol. The summed E-state index contributed by atoms with van der Waals surface area (Å²) in [7, 11) is 0.247. The van der Waals surface area contributed by atoms with Crippen LogP contribution in [0.4, 0.5) is 4.39 Å². The lowest BCUT2D eigenvalue weighted by atomic mass is 9.97. The molecular weight excluding hydrogens is 425 g/mol. The fraction of sp³-hybridized carbons (Fsp3) is 0.476. The molecule has 3 rings (SSSR count). The van der Waals surface area contributed by atoms with Crippen molar-refractivity contribution in [3.63, 3.8) is 0 Å². The molecule has 1 aliphatic rings. The van der Waals surface area contributed by atoms with E-state index in [0.29, 0.717) is 42.2 Å². The number of benzene rings is 1. The second-order valence-corrected chi connectivity index (χ2v) is 10.9. The van der Waals surface area contributed by atoms with Crippen LogP contribution >= 0.6 is 11.3 Å². The third-order valence-corrected chi connectivity index (χ3v) is 8.51. The first-order valence-corrected chi connectivity index (χ1v) is 12.3. The Morgan fingerprint density at radius 1 is 1.20 bits per heavy atom. The van der Waals surface area contributed by atoms with E-state index in [1.807, 2.05) is 19.0 Å². The molecule has 1 aliphatic heterocycles. The first kappa shape index (κ1) is 22.9. The van der Waals surface area contributed by atoms with Gasteiger partial charge in [0.25, 0.3) is 10.0 Å². The number of thiophene rings is 1. The first-order valence-electron chi connectivity index (χ1n) is 9.99. The van der Waals surface area contributed by atoms with Gasteiger partial charge in [0.2, 0.25) is 5.91 Å². The second kappa shape index (κ2) is 10.00. The molecule has 9 heteroatoms. The minimum atomic E-state index is -3.59. The number of halogens is 1. The molecule has 164 valence electrons. The summed E-state index contributed by atoms with van der Waals surface area (Å²) in [5.74, 6) is -0.890. The lowest BCUT2D eigenvalue weighted by Gasteiger charge is -2.34. The summed E-state index contributed by atoms with van der Waals surface area (Å²) in [4.78, 5) is 17.0. The molecule has 1 aromatic heterocycles. The van der Waals surface area contributed by atoms with Gasteiger partial charge in [-0.25, -0.2) is 12.8 Å². The topological polar surface area (TPSA) is 60.9 Å². The molecule has 1 aromatic carbocycles. The number of carbonyl (C=O) groups excluding carboxylic acids is 1. The van der Waals surface area contributed by atoms with Crippen molar-refractivity contribution in [2.24, 2.45) is 5.92 Å². The summed E-state index contributed by atoms with van der Waals surface area (Å²) < 4.78 is 41.7. The van der Waals surface area contributed by atoms with E-state index in [4.69, 9.17) is 0 Å². The zero-order chi connectivity index (χ0) is 21.7. The van der Waals surface area contributed by atoms with Gasteiger partial charge < -0.3 is 9.80 Å². The molecule has 2 aromatic rings. The minimum absolute atomic E-state index is 0.119. The third kappa shape index (κ3) is 5.46. The SMILES string of the molecule is CN(C)CCN(Cc1ccccc1F)C(=O)C1CCCN(S(=O)(=O)c2cccs2)C1. The molecule has 0 aliphatic carbocycles. The Morgan fingerprint density at radius 2 is 1.97 bits per heavy atom. The van der Waals surface area contributed by atoms with Crippen molar-refractivity contribution in [1.29, 1.82) is 0 Å². The number of carbonyl (C=O) groups is 1. The van der Waals surface area contributed by atoms with Crippen LogP contribution in [-0.2, 0) is 21.4 Å². The molecule has 0 spiro atoms. The van der Waals surface area contributed by atoms with Crippen LogP contribution < -0.4 is 0 Å². The first-order chi connectivity index (χ1) is 14.3. The maximum atomic E-state index is 14.2. The number of hydrogen-bond acceptors (Lipinski definition) is 5. The van der Waals surface area contributed by atoms with Crippen molar-refractivity contribution in [1.82, 2.24) is 14.1 Å². The third-order valence-electron chi connectivity index (χ3n) is 5.27. The molecule has 30 heavy (non-hydrogen) atoms. The second-order valence-electron chi connectivity index (χ2n) is 7.79. The highest BCUT2D eigenvalue weighted by Gasteiger charge is 2.35. The molecule has 1 atom stereocenters. The van der Waals surface area contributed by atoms with Crippen LogP contribution in [0.1, 0.15) is 18.4 Å². The van der Waals surface area contributed by atoms with Crippen LogP contribution in [0.15, 0.2) is 46.0 Å². The average molecular weight is 454 g/mol. The Balaban J connectivity index is 1.76. The number of sulfonamides is 1. The number of likely N-dealkylation sites (N-methyl/N-ethyl adjacent to an activating group) is 1. The molecule has 1 unspecified atom stereocenters. The van der Waals surface area contributed by atoms with Gasteiger partial charge in [-0.3, -0.25) is 4.79 Å². The molecule has 0 saturated carbocycles. The Morgan fingerprint density at radius 3 is 2.63 bits per heavy atom. The van der Waals surface area contributed by atoms with Gasteiger partial charge in [0.05, 0.1) is 5.92 Å². The lowest BCUT2D eigenvalue weighted by molar-refractivity contribution is -0.137. The van der Waals surface area contributed by atoms with Crippen molar-refractivity contribution in [3.05, 3.63) is 53.2 Å². The average Bonchev–Trinajstić information content (AvgIpc) is 3.28. The Labute approximate surface area is 182 Å². The van der Waals surface area contributed by atoms with Gasteiger partial charge >= 0.3 is 0 Å². The normalized spacial score (nSPS) is 17.9. The highest BCUT2D eigenvalue weighted by atomic mass is 32.2. The number of hydrogen-bond donors (Lipinski definition) is 0. The van der Waals surface area contributed by atoms with Gasteiger partial charge in [-0.05, 0) is 44.4 Å². The van der Waals surface area contributed by atoms with E-state index < -0.39 is 15.9 Å². The predicted molar refractivity (Wildman–Crippen MR) is 116 cm³/mol. The van der Waals surface area contributed by atoms with Crippen molar-refractivity contribution in [3.8, 4) is 0 Å². The van der Waals surface area contributed by atoms with Crippen molar-refractivity contribution >= 4 is 27.3 Å². The minimum Gasteiger partial charge on any atom is -0.337 e. The van der Waals surface area contributed by atoms with E-state index in [2.05, 4.69) is 0 Å². The Bertz CT molecular complexity index is 948. The summed E-state index contributed by atoms with van der Waals surface area (Å²) in [6, 6.07) is 9.75. The van der Waals surface area contributed by atoms with Gasteiger partial charge in [0.1, 0.15) is 10.0 Å². The number of piperidine rings is 1. The van der Waals surface area contributed by atoms with Gasteiger partial charge in [-0.1, -0.05) is 24.3 Å². The van der Waals surface area contributed by atoms with E-state index in [0.717, 1.165) is 0 Å². The van der Waals surface area contributed by atoms with E-state index >= 15 is 0 Å². The molecule has 2 heterocycles. The van der Waals surface area contributed by atoms with Crippen LogP contribution in [0, 0.1) is 11.7 Å². The van der Waals surface area contributed by atoms with Crippen LogP contribution in [0.5, 0.6) is 0 Å². The summed E-state index contributed by atoms with van der Waals surface area (Å²) in [6.45, 7) is 1.84. The van der Waals surface area contributed by atoms with E-state index in [1.165, 1.54) is 21.7 Å². The fourth-order valence-corrected chi connectivity index (χ4v) is 6.25. The number of rotatable bonds is 8. The molecule has 0 bridgehead atoms. The molecule has 1 fully saturated rings. The summed E-state index contributed by atoms with van der Waals surface area (Å²) in [5.41, 5.74) is 0.462. The van der Waals surface area contributed by atoms with E-state index in [1.54, 1.807) is 40.6 Å². The standard InChI is InChI=1S/C21H28FN3O3S2/c1-23(2)12-13-24(15-17-7-3-4-9-19(17)22)21(26)18-8-5-11-25(16-18)30(27,28)20-10-6-14-29-20/h3-4,6-7,9-10,14,18H,5,8,11-13,15-16H2,1-2H3. The van der Waals surface area contributed by atoms with Gasteiger partial charge in [0.15, 0.2) is 0 Å². The maximum Gasteiger partial charge on any atom is 0.252 e. The molecule has 0 radical (unpaired) electrons. The van der Waals surface area contributed by atoms with Gasteiger partial charge in [0, 0.05) is 38.3 Å². The van der Waals surface area contributed by atoms with Crippen molar-refractivity contribution in [2.45, 2.75) is 23.6 Å². The molecule has 1 amide bonds. The molecule has 0 N–H and O–H groups in total. The van der Waals surface area contributed by atoms with Crippen LogP contribution in [-0.4, -0.2) is 68.7 Å². The number of nitrogens with zero attached hydrogens (tertiary/aromatic N) is 3. The predicted octanol–water partition coefficient (Wildman–Crippen LogP) is 2.88. The zero-order valence-corrected chi connectivity index (χ0v) is 19.0. The lowest BCUT2D eigenvalue weighted by Crippen LogP contribution is -2.47. The van der Waals surface area contributed by atoms with Crippen LogP contribution in [0.25, 0.3) is 0 Å². The smallest absolute Gasteiger partial charge is 0.252 e. The Kier molecular flexibility index (Phi) is 7.62. The quantitative estimate of drug-likeness (QED) is 0.617. The van der Waals surface area contributed by atoms with Crippen molar-refractivity contribution < 1.29 is 17.6 Å². The largest absolute Gasteiger partial charge is 0.337 e. The molecule has 1 saturated heterocycles. The van der Waals surface area contributed by atoms with Gasteiger partial charge in [-0.15, -0.1) is 11.3 Å². The highest BCUT2D eigenvalue weighted by Crippen LogP contribution is 2.27.